The minimum atomic E-state index is -1.03. The van der Waals surface area contributed by atoms with Crippen molar-refractivity contribution in [1.82, 2.24) is 0 Å². The number of hydrogen-bond donors (Lipinski definition) is 3. The highest BCUT2D eigenvalue weighted by atomic mass is 32.2. The largest absolute Gasteiger partial charge is 0.480 e. The van der Waals surface area contributed by atoms with Gasteiger partial charge in [-0.05, 0) is 6.26 Å². The van der Waals surface area contributed by atoms with E-state index < -0.39 is 22.7 Å². The second-order valence-electron chi connectivity index (χ2n) is 1.75. The molecule has 9 heavy (non-hydrogen) atoms. The third-order valence-corrected chi connectivity index (χ3v) is 1.61. The van der Waals surface area contributed by atoms with E-state index >= 15 is 0 Å². The molecule has 0 rings (SSSR count). The van der Waals surface area contributed by atoms with E-state index in [1.165, 1.54) is 0 Å². The monoisotopic (exact) mass is 150 g/mol. The average Bonchev–Trinajstić information content (AvgIpc) is 1.63. The van der Waals surface area contributed by atoms with Crippen LogP contribution < -0.4 is 5.73 Å². The Hall–Kier alpha value is -0.420. The molecule has 0 saturated carbocycles. The van der Waals surface area contributed by atoms with Crippen LogP contribution in [0, 0.1) is 4.78 Å². The molecule has 0 amide bonds. The van der Waals surface area contributed by atoms with Gasteiger partial charge < -0.3 is 10.8 Å². The lowest BCUT2D eigenvalue weighted by atomic mass is 10.4. The van der Waals surface area contributed by atoms with Gasteiger partial charge in [0.15, 0.2) is 0 Å². The van der Waals surface area contributed by atoms with Gasteiger partial charge in [-0.3, -0.25) is 9.57 Å². The van der Waals surface area contributed by atoms with Crippen LogP contribution >= 0.6 is 0 Å². The molecule has 4 nitrogen and oxygen atoms in total. The fourth-order valence-corrected chi connectivity index (χ4v) is 1.02. The first-order valence-corrected chi connectivity index (χ1v) is 4.16. The average molecular weight is 150 g/mol. The molecule has 0 saturated heterocycles. The van der Waals surface area contributed by atoms with Crippen molar-refractivity contribution < 1.29 is 9.90 Å². The highest BCUT2D eigenvalue weighted by Gasteiger charge is 2.10. The Morgan fingerprint density at radius 1 is 2.00 bits per heavy atom. The molecule has 0 aliphatic heterocycles. The number of carboxylic acids is 1. The van der Waals surface area contributed by atoms with Gasteiger partial charge in [-0.25, -0.2) is 0 Å². The van der Waals surface area contributed by atoms with Gasteiger partial charge in [-0.2, -0.15) is 0 Å². The zero-order valence-corrected chi connectivity index (χ0v) is 5.94. The molecule has 2 unspecified atom stereocenters. The van der Waals surface area contributed by atoms with Crippen LogP contribution in [0.3, 0.4) is 0 Å². The Morgan fingerprint density at radius 3 is 2.56 bits per heavy atom. The van der Waals surface area contributed by atoms with Crippen molar-refractivity contribution in [3.63, 3.8) is 0 Å². The van der Waals surface area contributed by atoms with Gasteiger partial charge in [-0.15, -0.1) is 10.7 Å². The normalized spacial score (nSPS) is 16.7. The van der Waals surface area contributed by atoms with E-state index in [2.05, 4.69) is 0 Å². The van der Waals surface area contributed by atoms with Crippen molar-refractivity contribution in [2.75, 3.05) is 12.0 Å². The van der Waals surface area contributed by atoms with Gasteiger partial charge >= 0.3 is 5.97 Å². The molecule has 0 heterocycles. The quantitative estimate of drug-likeness (QED) is 0.502. The molecule has 0 aromatic carbocycles. The third-order valence-electron chi connectivity index (χ3n) is 0.747. The molecule has 0 spiro atoms. The molecule has 0 aromatic rings. The number of aliphatic carboxylic acids is 1. The van der Waals surface area contributed by atoms with E-state index in [0.29, 0.717) is 0 Å². The maximum atomic E-state index is 10.0. The molecular formula is C4H10N2O2S. The van der Waals surface area contributed by atoms with Crippen LogP contribution in [0.2, 0.25) is 0 Å². The predicted octanol–water partition coefficient (Wildman–Crippen LogP) is -0.591. The van der Waals surface area contributed by atoms with Crippen LogP contribution in [0.15, 0.2) is 0 Å². The first kappa shape index (κ1) is 8.58. The van der Waals surface area contributed by atoms with E-state index in [1.54, 1.807) is 6.26 Å². The van der Waals surface area contributed by atoms with Crippen molar-refractivity contribution >= 4 is 16.7 Å². The van der Waals surface area contributed by atoms with Crippen LogP contribution in [-0.2, 0) is 15.5 Å². The van der Waals surface area contributed by atoms with Crippen molar-refractivity contribution in [2.24, 2.45) is 5.73 Å². The topological polar surface area (TPSA) is 87.2 Å². The lowest BCUT2D eigenvalue weighted by molar-refractivity contribution is -0.137. The van der Waals surface area contributed by atoms with Gasteiger partial charge in [-0.1, -0.05) is 0 Å². The lowest BCUT2D eigenvalue weighted by Gasteiger charge is -2.03. The van der Waals surface area contributed by atoms with E-state index in [4.69, 9.17) is 15.6 Å². The number of nitrogens with one attached hydrogen (secondary N) is 1. The van der Waals surface area contributed by atoms with Crippen molar-refractivity contribution in [1.29, 1.82) is 4.78 Å². The number of rotatable bonds is 3. The Kier molecular flexibility index (Phi) is 3.41. The summed E-state index contributed by atoms with van der Waals surface area (Å²) in [5, 5.41) is 8.23. The van der Waals surface area contributed by atoms with Crippen LogP contribution in [-0.4, -0.2) is 29.1 Å². The molecule has 0 radical (unpaired) electrons. The molecule has 0 fully saturated rings. The summed E-state index contributed by atoms with van der Waals surface area (Å²) in [6.45, 7) is 0. The van der Waals surface area contributed by atoms with Gasteiger partial charge in [0.1, 0.15) is 6.04 Å². The van der Waals surface area contributed by atoms with Crippen LogP contribution in [0.5, 0.6) is 0 Å². The van der Waals surface area contributed by atoms with E-state index in [0.717, 1.165) is 0 Å². The van der Waals surface area contributed by atoms with Crippen molar-refractivity contribution in [2.45, 2.75) is 6.04 Å². The highest BCUT2D eigenvalue weighted by Crippen LogP contribution is 1.82. The van der Waals surface area contributed by atoms with Gasteiger partial charge in [0.2, 0.25) is 0 Å². The molecule has 5 heteroatoms. The number of nitrogens with two attached hydrogens (primary N) is 1. The maximum Gasteiger partial charge on any atom is 0.321 e. The van der Waals surface area contributed by atoms with Crippen LogP contribution in [0.1, 0.15) is 0 Å². The molecule has 4 N–H and O–H groups in total. The molecule has 0 aromatic heterocycles. The van der Waals surface area contributed by atoms with E-state index in [1.807, 2.05) is 0 Å². The third kappa shape index (κ3) is 4.11. The summed E-state index contributed by atoms with van der Waals surface area (Å²) in [5.41, 5.74) is 5.10. The summed E-state index contributed by atoms with van der Waals surface area (Å²) in [6, 6.07) is -0.865. The lowest BCUT2D eigenvalue weighted by Crippen LogP contribution is -2.34. The van der Waals surface area contributed by atoms with Gasteiger partial charge in [0.05, 0.1) is 0 Å². The molecule has 0 aliphatic carbocycles. The van der Waals surface area contributed by atoms with Crippen molar-refractivity contribution in [3.8, 4) is 0 Å². The first-order valence-electron chi connectivity index (χ1n) is 2.36. The second kappa shape index (κ2) is 3.58. The number of carbonyl (C=O) groups is 1. The van der Waals surface area contributed by atoms with Crippen molar-refractivity contribution in [3.05, 3.63) is 0 Å². The smallest absolute Gasteiger partial charge is 0.321 e. The Morgan fingerprint density at radius 2 is 2.44 bits per heavy atom. The molecule has 2 atom stereocenters. The predicted molar refractivity (Wildman–Crippen MR) is 36.5 cm³/mol. The summed E-state index contributed by atoms with van der Waals surface area (Å²) in [5.74, 6) is -0.781. The molecule has 54 valence electrons. The van der Waals surface area contributed by atoms with Gasteiger partial charge in [0.25, 0.3) is 0 Å². The molecular weight excluding hydrogens is 140 g/mol. The maximum absolute atomic E-state index is 10.0. The fraction of sp³-hybridized carbons (Fsp3) is 0.750. The van der Waals surface area contributed by atoms with Gasteiger partial charge in [0, 0.05) is 5.75 Å². The minimum absolute atomic E-state index is 0.245. The zero-order valence-electron chi connectivity index (χ0n) is 5.13. The number of carboxylic acid groups (broad SMARTS) is 1. The first-order chi connectivity index (χ1) is 4.04. The highest BCUT2D eigenvalue weighted by molar-refractivity contribution is 7.85. The minimum Gasteiger partial charge on any atom is -0.480 e. The Labute approximate surface area is 55.9 Å². The van der Waals surface area contributed by atoms with E-state index in [9.17, 15) is 4.79 Å². The summed E-state index contributed by atoms with van der Waals surface area (Å²) < 4.78 is 6.99. The van der Waals surface area contributed by atoms with Crippen LogP contribution in [0.25, 0.3) is 0 Å². The molecule has 0 aliphatic rings. The van der Waals surface area contributed by atoms with Crippen LogP contribution in [0.4, 0.5) is 0 Å². The van der Waals surface area contributed by atoms with E-state index in [-0.39, 0.29) is 5.75 Å². The summed E-state index contributed by atoms with van der Waals surface area (Å²) in [4.78, 5) is 10.0. The summed E-state index contributed by atoms with van der Waals surface area (Å²) >= 11 is 0. The summed E-state index contributed by atoms with van der Waals surface area (Å²) in [7, 11) is -0.622. The zero-order chi connectivity index (χ0) is 7.44. The summed E-state index contributed by atoms with van der Waals surface area (Å²) in [6.07, 6.45) is 1.64. The molecule has 0 bridgehead atoms. The fourth-order valence-electron chi connectivity index (χ4n) is 0.341. The Balaban J connectivity index is 3.63. The Bertz CT molecular complexity index is 137. The SMILES string of the molecule is CS(=N)CC(N)C(=O)O. The number of hydrogen-bond acceptors (Lipinski definition) is 3. The second-order valence-corrected chi connectivity index (χ2v) is 3.36. The standard InChI is InChI=1S/C4H10N2O2S/c1-9(6)2-3(5)4(7)8/h3,6H,2,5H2,1H3,(H,7,8).